The lowest BCUT2D eigenvalue weighted by molar-refractivity contribution is -0.253. The highest BCUT2D eigenvalue weighted by Crippen LogP contribution is 2.30. The Morgan fingerprint density at radius 3 is 1.73 bits per heavy atom. The normalized spacial score (nSPS) is 10.3. The third-order valence-electron chi connectivity index (χ3n) is 6.65. The highest BCUT2D eigenvalue weighted by atomic mass is 17.1. The summed E-state index contributed by atoms with van der Waals surface area (Å²) in [5.41, 5.74) is 4.49. The molecule has 0 aliphatic heterocycles. The maximum absolute atomic E-state index is 13.1. The van der Waals surface area contributed by atoms with Crippen LogP contribution in [-0.2, 0) is 29.1 Å². The van der Waals surface area contributed by atoms with Gasteiger partial charge in [-0.05, 0) is 77.6 Å². The predicted octanol–water partition coefficient (Wildman–Crippen LogP) is 7.38. The summed E-state index contributed by atoms with van der Waals surface area (Å²) >= 11 is 0. The van der Waals surface area contributed by atoms with Gasteiger partial charge in [-0.25, -0.2) is 14.5 Å². The Hall–Kier alpha value is -5.57. The molecular weight excluding hydrogens is 560 g/mol. The van der Waals surface area contributed by atoms with Crippen LogP contribution in [0.2, 0.25) is 0 Å². The summed E-state index contributed by atoms with van der Waals surface area (Å²) in [7, 11) is 0. The van der Waals surface area contributed by atoms with E-state index in [0.29, 0.717) is 29.9 Å². The van der Waals surface area contributed by atoms with Crippen LogP contribution >= 0.6 is 0 Å². The van der Waals surface area contributed by atoms with E-state index in [0.717, 1.165) is 22.3 Å². The van der Waals surface area contributed by atoms with Crippen LogP contribution in [0.1, 0.15) is 48.5 Å². The molecule has 44 heavy (non-hydrogen) atoms. The van der Waals surface area contributed by atoms with Gasteiger partial charge in [-0.2, -0.15) is 0 Å². The van der Waals surface area contributed by atoms with Crippen molar-refractivity contribution in [3.05, 3.63) is 160 Å². The number of benzene rings is 5. The Morgan fingerprint density at radius 1 is 0.614 bits per heavy atom. The number of carbonyl (C=O) groups excluding carboxylic acids is 2. The molecule has 0 aliphatic rings. The minimum absolute atomic E-state index is 0.0277. The van der Waals surface area contributed by atoms with Gasteiger partial charge in [0.2, 0.25) is 0 Å². The number of rotatable bonds is 11. The third-order valence-corrected chi connectivity index (χ3v) is 6.65. The maximum atomic E-state index is 13.1. The van der Waals surface area contributed by atoms with E-state index in [2.05, 4.69) is 4.89 Å². The molecule has 0 atom stereocenters. The minimum Gasteiger partial charge on any atom is -0.478 e. The standard InChI is InChI=1S/C35H28O7.CH2O/c36-34(37)31-18-12-26(19-24-7-3-1-4-8-24)21-32(31)35(38)42-30-16-14-29(15-17-30)41-33-22-27(11-13-28(33)23-40-39)20-25-9-5-2-6-10-25;1-2/h1-18,21-22,39H,19-20,23H2,(H,36,37);1H2. The van der Waals surface area contributed by atoms with Crippen LogP contribution in [0.15, 0.2) is 121 Å². The van der Waals surface area contributed by atoms with Gasteiger partial charge >= 0.3 is 11.9 Å². The molecule has 0 spiro atoms. The van der Waals surface area contributed by atoms with Crippen molar-refractivity contribution in [2.45, 2.75) is 19.4 Å². The molecule has 5 aromatic carbocycles. The molecule has 5 aromatic rings. The Balaban J connectivity index is 0.00000216. The van der Waals surface area contributed by atoms with Crippen molar-refractivity contribution in [1.29, 1.82) is 0 Å². The van der Waals surface area contributed by atoms with Crippen molar-refractivity contribution in [2.75, 3.05) is 0 Å². The monoisotopic (exact) mass is 590 g/mol. The molecule has 8 heteroatoms. The number of carboxylic acid groups (broad SMARTS) is 1. The van der Waals surface area contributed by atoms with Crippen LogP contribution in [0.25, 0.3) is 0 Å². The SMILES string of the molecule is C=O.O=C(O)c1ccc(Cc2ccccc2)cc1C(=O)Oc1ccc(Oc2cc(Cc3ccccc3)ccc2COO)cc1. The van der Waals surface area contributed by atoms with Crippen molar-refractivity contribution in [3.8, 4) is 17.2 Å². The quantitative estimate of drug-likeness (QED) is 0.0708. The van der Waals surface area contributed by atoms with Crippen molar-refractivity contribution < 1.29 is 39.1 Å². The van der Waals surface area contributed by atoms with Gasteiger partial charge in [0.25, 0.3) is 0 Å². The van der Waals surface area contributed by atoms with Gasteiger partial charge in [0.1, 0.15) is 30.6 Å². The van der Waals surface area contributed by atoms with Crippen molar-refractivity contribution in [1.82, 2.24) is 0 Å². The van der Waals surface area contributed by atoms with Crippen LogP contribution in [0, 0.1) is 0 Å². The summed E-state index contributed by atoms with van der Waals surface area (Å²) in [6, 6.07) is 36.5. The number of esters is 1. The van der Waals surface area contributed by atoms with Gasteiger partial charge in [-0.15, -0.1) is 0 Å². The summed E-state index contributed by atoms with van der Waals surface area (Å²) in [5, 5.41) is 18.7. The van der Waals surface area contributed by atoms with Crippen molar-refractivity contribution >= 4 is 18.7 Å². The smallest absolute Gasteiger partial charge is 0.344 e. The molecule has 2 N–H and O–H groups in total. The number of hydrogen-bond acceptors (Lipinski definition) is 7. The number of carbonyl (C=O) groups is 3. The lowest BCUT2D eigenvalue weighted by Gasteiger charge is -2.13. The first-order valence-corrected chi connectivity index (χ1v) is 13.6. The number of hydrogen-bond donors (Lipinski definition) is 2. The van der Waals surface area contributed by atoms with Crippen LogP contribution in [-0.4, -0.2) is 29.1 Å². The fourth-order valence-corrected chi connectivity index (χ4v) is 4.58. The summed E-state index contributed by atoms with van der Waals surface area (Å²) in [5.74, 6) is -0.763. The summed E-state index contributed by atoms with van der Waals surface area (Å²) in [6.45, 7) is 1.95. The number of aromatic carboxylic acids is 1. The Bertz CT molecular complexity index is 1680. The Morgan fingerprint density at radius 2 is 1.16 bits per heavy atom. The Kier molecular flexibility index (Phi) is 11.1. The third kappa shape index (κ3) is 8.48. The molecule has 0 amide bonds. The van der Waals surface area contributed by atoms with E-state index in [1.165, 1.54) is 6.07 Å². The van der Waals surface area contributed by atoms with E-state index in [-0.39, 0.29) is 23.5 Å². The van der Waals surface area contributed by atoms with Crippen LogP contribution in [0.4, 0.5) is 0 Å². The van der Waals surface area contributed by atoms with Gasteiger partial charge in [-0.3, -0.25) is 5.26 Å². The second-order valence-corrected chi connectivity index (χ2v) is 9.69. The maximum Gasteiger partial charge on any atom is 0.344 e. The molecular formula is C36H30O8. The highest BCUT2D eigenvalue weighted by Gasteiger charge is 2.20. The van der Waals surface area contributed by atoms with Crippen LogP contribution in [0.5, 0.6) is 17.2 Å². The first-order valence-electron chi connectivity index (χ1n) is 13.6. The predicted molar refractivity (Wildman–Crippen MR) is 164 cm³/mol. The van der Waals surface area contributed by atoms with Gasteiger partial charge in [-0.1, -0.05) is 78.9 Å². The fraction of sp³-hybridized carbons (Fsp3) is 0.0833. The molecule has 0 fully saturated rings. The molecule has 8 nitrogen and oxygen atoms in total. The molecule has 0 aliphatic carbocycles. The van der Waals surface area contributed by atoms with Gasteiger partial charge in [0, 0.05) is 5.56 Å². The number of ether oxygens (including phenoxy) is 2. The van der Waals surface area contributed by atoms with Crippen molar-refractivity contribution in [2.24, 2.45) is 0 Å². The first-order chi connectivity index (χ1) is 21.5. The zero-order chi connectivity index (χ0) is 31.3. The molecule has 0 aromatic heterocycles. The molecule has 0 unspecified atom stereocenters. The van der Waals surface area contributed by atoms with Gasteiger partial charge < -0.3 is 19.4 Å². The molecule has 0 bridgehead atoms. The van der Waals surface area contributed by atoms with Gasteiger partial charge in [0.15, 0.2) is 0 Å². The van der Waals surface area contributed by atoms with E-state index in [1.807, 2.05) is 85.7 Å². The average molecular weight is 591 g/mol. The molecule has 0 heterocycles. The highest BCUT2D eigenvalue weighted by molar-refractivity contribution is 6.03. The molecule has 0 radical (unpaired) electrons. The molecule has 5 rings (SSSR count). The van der Waals surface area contributed by atoms with E-state index < -0.39 is 11.9 Å². The van der Waals surface area contributed by atoms with E-state index in [4.69, 9.17) is 19.5 Å². The largest absolute Gasteiger partial charge is 0.478 e. The van der Waals surface area contributed by atoms with E-state index in [9.17, 15) is 14.7 Å². The van der Waals surface area contributed by atoms with E-state index in [1.54, 1.807) is 36.4 Å². The Labute approximate surface area is 254 Å². The van der Waals surface area contributed by atoms with Gasteiger partial charge in [0.05, 0.1) is 11.1 Å². The first kappa shape index (κ1) is 31.4. The van der Waals surface area contributed by atoms with Crippen LogP contribution in [0.3, 0.4) is 0 Å². The topological polar surface area (TPSA) is 119 Å². The lowest BCUT2D eigenvalue weighted by Crippen LogP contribution is -2.14. The second kappa shape index (κ2) is 15.6. The summed E-state index contributed by atoms with van der Waals surface area (Å²) in [4.78, 5) is 37.2. The minimum atomic E-state index is -1.21. The molecule has 0 saturated heterocycles. The fourth-order valence-electron chi connectivity index (χ4n) is 4.58. The number of carboxylic acids is 1. The zero-order valence-electron chi connectivity index (χ0n) is 23.7. The average Bonchev–Trinajstić information content (AvgIpc) is 3.05. The zero-order valence-corrected chi connectivity index (χ0v) is 23.7. The molecule has 222 valence electrons. The lowest BCUT2D eigenvalue weighted by atomic mass is 9.99. The van der Waals surface area contributed by atoms with Crippen LogP contribution < -0.4 is 9.47 Å². The summed E-state index contributed by atoms with van der Waals surface area (Å²) in [6.07, 6.45) is 1.25. The van der Waals surface area contributed by atoms with E-state index >= 15 is 0 Å². The second-order valence-electron chi connectivity index (χ2n) is 9.69. The summed E-state index contributed by atoms with van der Waals surface area (Å²) < 4.78 is 11.6. The molecule has 0 saturated carbocycles. The van der Waals surface area contributed by atoms with Crippen molar-refractivity contribution in [3.63, 3.8) is 0 Å².